The van der Waals surface area contributed by atoms with Crippen molar-refractivity contribution in [2.24, 2.45) is 5.41 Å². The monoisotopic (exact) mass is 434 g/mol. The number of nitrogens with one attached hydrogen (secondary N) is 1. The molecule has 1 heterocycles. The number of nitrogens with zero attached hydrogens (tertiary/aromatic N) is 1. The Kier molecular flexibility index (Phi) is 6.47. The number of allylic oxidation sites excluding steroid dienone is 3. The number of ether oxygens (including phenoxy) is 1. The number of hydrogen-bond donors (Lipinski definition) is 2. The third kappa shape index (κ3) is 4.83. The smallest absolute Gasteiger partial charge is 0.313 e. The summed E-state index contributed by atoms with van der Waals surface area (Å²) in [6, 6.07) is 4.01. The highest BCUT2D eigenvalue weighted by Crippen LogP contribution is 2.32. The molecule has 1 aromatic heterocycles. The molecule has 1 unspecified atom stereocenters. The van der Waals surface area contributed by atoms with Gasteiger partial charge in [0, 0.05) is 18.8 Å². The van der Waals surface area contributed by atoms with E-state index in [1.165, 1.54) is 12.3 Å². The van der Waals surface area contributed by atoms with Gasteiger partial charge in [-0.15, -0.1) is 0 Å². The number of rotatable bonds is 7. The predicted octanol–water partition coefficient (Wildman–Crippen LogP) is 4.51. The van der Waals surface area contributed by atoms with Gasteiger partial charge < -0.3 is 15.2 Å². The van der Waals surface area contributed by atoms with Gasteiger partial charge in [0.25, 0.3) is 5.91 Å². The van der Waals surface area contributed by atoms with E-state index < -0.39 is 28.9 Å². The second-order valence-electron chi connectivity index (χ2n) is 6.64. The first kappa shape index (κ1) is 21.4. The number of aromatic nitrogens is 1. The number of halogens is 3. The van der Waals surface area contributed by atoms with Crippen LogP contribution in [0.15, 0.2) is 54.8 Å². The van der Waals surface area contributed by atoms with Crippen molar-refractivity contribution < 1.29 is 28.2 Å². The molecule has 30 heavy (non-hydrogen) atoms. The highest BCUT2D eigenvalue weighted by atomic mass is 35.5. The zero-order valence-corrected chi connectivity index (χ0v) is 16.3. The van der Waals surface area contributed by atoms with Crippen LogP contribution < -0.4 is 10.1 Å². The second-order valence-corrected chi connectivity index (χ2v) is 7.08. The molecule has 2 N–H and O–H groups in total. The van der Waals surface area contributed by atoms with Crippen LogP contribution in [0.2, 0.25) is 5.02 Å². The SMILES string of the molecule is O=C(NCCC1(C(=O)O)C=CC=CC1)c1cc(Cl)cnc1Oc1ccc(F)cc1F. The molecule has 0 saturated heterocycles. The van der Waals surface area contributed by atoms with E-state index in [2.05, 4.69) is 10.3 Å². The van der Waals surface area contributed by atoms with Crippen LogP contribution in [-0.4, -0.2) is 28.5 Å². The van der Waals surface area contributed by atoms with E-state index >= 15 is 0 Å². The van der Waals surface area contributed by atoms with Gasteiger partial charge in [-0.3, -0.25) is 9.59 Å². The minimum atomic E-state index is -1.11. The summed E-state index contributed by atoms with van der Waals surface area (Å²) in [5.41, 5.74) is -1.18. The molecule has 1 atom stereocenters. The fourth-order valence-corrected chi connectivity index (χ4v) is 3.10. The van der Waals surface area contributed by atoms with E-state index in [1.807, 2.05) is 0 Å². The number of pyridine rings is 1. The predicted molar refractivity (Wildman–Crippen MR) is 106 cm³/mol. The molecule has 9 heteroatoms. The largest absolute Gasteiger partial charge is 0.481 e. The van der Waals surface area contributed by atoms with Crippen LogP contribution in [0.4, 0.5) is 8.78 Å². The molecule has 1 aromatic carbocycles. The summed E-state index contributed by atoms with van der Waals surface area (Å²) >= 11 is 5.92. The average molecular weight is 435 g/mol. The number of carbonyl (C=O) groups is 2. The summed E-state index contributed by atoms with van der Waals surface area (Å²) < 4.78 is 32.3. The Morgan fingerprint density at radius 2 is 2.07 bits per heavy atom. The lowest BCUT2D eigenvalue weighted by atomic mass is 9.79. The molecular weight excluding hydrogens is 418 g/mol. The van der Waals surface area contributed by atoms with E-state index in [-0.39, 0.29) is 35.2 Å². The van der Waals surface area contributed by atoms with E-state index in [1.54, 1.807) is 24.3 Å². The van der Waals surface area contributed by atoms with Crippen molar-refractivity contribution in [1.29, 1.82) is 0 Å². The van der Waals surface area contributed by atoms with E-state index in [9.17, 15) is 23.5 Å². The van der Waals surface area contributed by atoms with Crippen molar-refractivity contribution in [3.8, 4) is 11.6 Å². The van der Waals surface area contributed by atoms with Gasteiger partial charge in [-0.1, -0.05) is 35.9 Å². The van der Waals surface area contributed by atoms with Crippen LogP contribution in [0.1, 0.15) is 23.2 Å². The Morgan fingerprint density at radius 3 is 2.73 bits per heavy atom. The van der Waals surface area contributed by atoms with Crippen LogP contribution in [0.25, 0.3) is 0 Å². The van der Waals surface area contributed by atoms with Gasteiger partial charge in [0.05, 0.1) is 10.4 Å². The second kappa shape index (κ2) is 9.04. The summed E-state index contributed by atoms with van der Waals surface area (Å²) in [6.07, 6.45) is 8.44. The van der Waals surface area contributed by atoms with Gasteiger partial charge in [0.2, 0.25) is 5.88 Å². The van der Waals surface area contributed by atoms with Gasteiger partial charge in [-0.05, 0) is 31.0 Å². The zero-order valence-electron chi connectivity index (χ0n) is 15.6. The Bertz CT molecular complexity index is 1040. The Labute approximate surface area is 175 Å². The maximum Gasteiger partial charge on any atom is 0.313 e. The topological polar surface area (TPSA) is 88.5 Å². The maximum absolute atomic E-state index is 13.9. The number of aliphatic carboxylic acids is 1. The van der Waals surface area contributed by atoms with Crippen molar-refractivity contribution in [3.05, 3.63) is 77.0 Å². The Balaban J connectivity index is 1.74. The lowest BCUT2D eigenvalue weighted by molar-refractivity contribution is -0.146. The molecule has 0 radical (unpaired) electrons. The molecule has 0 bridgehead atoms. The maximum atomic E-state index is 13.9. The number of carboxylic acids is 1. The first-order valence-corrected chi connectivity index (χ1v) is 9.33. The molecule has 1 amide bonds. The van der Waals surface area contributed by atoms with E-state index in [4.69, 9.17) is 16.3 Å². The summed E-state index contributed by atoms with van der Waals surface area (Å²) in [7, 11) is 0. The number of benzene rings is 1. The summed E-state index contributed by atoms with van der Waals surface area (Å²) in [6.45, 7) is 0.0557. The fraction of sp³-hybridized carbons (Fsp3) is 0.190. The third-order valence-electron chi connectivity index (χ3n) is 4.59. The van der Waals surface area contributed by atoms with Gasteiger partial charge in [-0.25, -0.2) is 13.8 Å². The third-order valence-corrected chi connectivity index (χ3v) is 4.80. The van der Waals surface area contributed by atoms with Crippen molar-refractivity contribution in [3.63, 3.8) is 0 Å². The fourth-order valence-electron chi connectivity index (χ4n) is 2.94. The quantitative estimate of drug-likeness (QED) is 0.669. The average Bonchev–Trinajstić information content (AvgIpc) is 2.71. The molecule has 0 fully saturated rings. The number of hydrogen-bond acceptors (Lipinski definition) is 4. The normalized spacial score (nSPS) is 17.6. The molecular formula is C21H17ClF2N2O4. The summed E-state index contributed by atoms with van der Waals surface area (Å²) in [5, 5.41) is 12.3. The molecule has 0 spiro atoms. The van der Waals surface area contributed by atoms with Gasteiger partial charge >= 0.3 is 5.97 Å². The minimum Gasteiger partial charge on any atom is -0.481 e. The molecule has 6 nitrogen and oxygen atoms in total. The van der Waals surface area contributed by atoms with Crippen LogP contribution in [-0.2, 0) is 4.79 Å². The van der Waals surface area contributed by atoms with Crippen molar-refractivity contribution in [2.75, 3.05) is 6.54 Å². The Hall–Kier alpha value is -3.26. The number of carbonyl (C=O) groups excluding carboxylic acids is 1. The van der Waals surface area contributed by atoms with Crippen molar-refractivity contribution in [1.82, 2.24) is 10.3 Å². The molecule has 1 aliphatic rings. The minimum absolute atomic E-state index is 0.0557. The lowest BCUT2D eigenvalue weighted by Crippen LogP contribution is -2.35. The van der Waals surface area contributed by atoms with E-state index in [0.29, 0.717) is 12.5 Å². The van der Waals surface area contributed by atoms with Crippen LogP contribution in [0, 0.1) is 17.0 Å². The molecule has 0 aliphatic heterocycles. The first-order valence-electron chi connectivity index (χ1n) is 8.95. The summed E-state index contributed by atoms with van der Waals surface area (Å²) in [5.74, 6) is -3.89. The lowest BCUT2D eigenvalue weighted by Gasteiger charge is -2.26. The molecule has 3 rings (SSSR count). The van der Waals surface area contributed by atoms with Crippen LogP contribution in [0.3, 0.4) is 0 Å². The highest BCUT2D eigenvalue weighted by molar-refractivity contribution is 6.30. The molecule has 1 aliphatic carbocycles. The highest BCUT2D eigenvalue weighted by Gasteiger charge is 2.35. The number of amides is 1. The standard InChI is InChI=1S/C21H17ClF2N2O4/c22-13-10-15(19(26-12-13)30-17-5-4-14(23)11-16(17)24)18(27)25-9-8-21(20(28)29)6-2-1-3-7-21/h1-6,10-12H,7-9H2,(H,25,27)(H,28,29). The molecule has 2 aromatic rings. The van der Waals surface area contributed by atoms with Crippen LogP contribution >= 0.6 is 11.6 Å². The van der Waals surface area contributed by atoms with Crippen molar-refractivity contribution in [2.45, 2.75) is 12.8 Å². The van der Waals surface area contributed by atoms with Gasteiger partial charge in [-0.2, -0.15) is 0 Å². The first-order chi connectivity index (χ1) is 14.3. The Morgan fingerprint density at radius 1 is 1.27 bits per heavy atom. The number of carboxylic acid groups (broad SMARTS) is 1. The van der Waals surface area contributed by atoms with Gasteiger partial charge in [0.15, 0.2) is 11.6 Å². The molecule has 0 saturated carbocycles. The molecule has 156 valence electrons. The van der Waals surface area contributed by atoms with Crippen LogP contribution in [0.5, 0.6) is 11.6 Å². The zero-order chi connectivity index (χ0) is 21.7. The summed E-state index contributed by atoms with van der Waals surface area (Å²) in [4.78, 5) is 28.2. The van der Waals surface area contributed by atoms with Crippen molar-refractivity contribution >= 4 is 23.5 Å². The van der Waals surface area contributed by atoms with Gasteiger partial charge in [0.1, 0.15) is 11.4 Å². The van der Waals surface area contributed by atoms with E-state index in [0.717, 1.165) is 12.1 Å².